The fourth-order valence-electron chi connectivity index (χ4n) is 2.70. The molecule has 0 aliphatic heterocycles. The predicted octanol–water partition coefficient (Wildman–Crippen LogP) is 3.47. The molecule has 26 heavy (non-hydrogen) atoms. The third-order valence-electron chi connectivity index (χ3n) is 3.87. The lowest BCUT2D eigenvalue weighted by Gasteiger charge is -2.27. The van der Waals surface area contributed by atoms with Gasteiger partial charge in [0.05, 0.1) is 6.20 Å². The topological polar surface area (TPSA) is 84.7 Å². The van der Waals surface area contributed by atoms with Gasteiger partial charge in [-0.05, 0) is 18.4 Å². The van der Waals surface area contributed by atoms with Crippen LogP contribution in [0.3, 0.4) is 0 Å². The monoisotopic (exact) mass is 359 g/mol. The molecule has 2 rings (SSSR count). The number of ether oxygens (including phenoxy) is 1. The van der Waals surface area contributed by atoms with Crippen molar-refractivity contribution in [2.24, 2.45) is 0 Å². The van der Waals surface area contributed by atoms with Gasteiger partial charge in [0.1, 0.15) is 6.61 Å². The van der Waals surface area contributed by atoms with E-state index in [9.17, 15) is 14.7 Å². The van der Waals surface area contributed by atoms with Crippen molar-refractivity contribution in [3.8, 4) is 0 Å². The number of aromatic nitrogens is 2. The highest BCUT2D eigenvalue weighted by molar-refractivity contribution is 5.81. The van der Waals surface area contributed by atoms with E-state index in [0.717, 1.165) is 12.0 Å². The van der Waals surface area contributed by atoms with Crippen molar-refractivity contribution in [1.29, 1.82) is 0 Å². The highest BCUT2D eigenvalue weighted by atomic mass is 16.6. The Balaban J connectivity index is 2.16. The minimum atomic E-state index is -1.12. The molecule has 140 valence electrons. The van der Waals surface area contributed by atoms with E-state index in [1.807, 2.05) is 44.2 Å². The zero-order chi connectivity index (χ0) is 18.9. The van der Waals surface area contributed by atoms with Crippen LogP contribution in [0.5, 0.6) is 0 Å². The van der Waals surface area contributed by atoms with E-state index in [2.05, 4.69) is 5.10 Å². The van der Waals surface area contributed by atoms with E-state index in [4.69, 9.17) is 4.74 Å². The first-order valence-corrected chi connectivity index (χ1v) is 8.79. The number of carboxylic acid groups (broad SMARTS) is 1. The van der Waals surface area contributed by atoms with Gasteiger partial charge in [-0.2, -0.15) is 5.10 Å². The predicted molar refractivity (Wildman–Crippen MR) is 96.5 cm³/mol. The molecule has 7 heteroatoms. The molecule has 1 amide bonds. The zero-order valence-electron chi connectivity index (χ0n) is 15.2. The maximum absolute atomic E-state index is 12.6. The number of rotatable bonds is 9. The maximum atomic E-state index is 12.6. The summed E-state index contributed by atoms with van der Waals surface area (Å²) >= 11 is 0. The van der Waals surface area contributed by atoms with E-state index in [1.54, 1.807) is 10.9 Å². The third kappa shape index (κ3) is 5.08. The first-order valence-electron chi connectivity index (χ1n) is 8.79. The highest BCUT2D eigenvalue weighted by Gasteiger charge is 2.33. The number of benzene rings is 1. The van der Waals surface area contributed by atoms with Gasteiger partial charge in [-0.1, -0.05) is 44.2 Å². The number of aryl methyl sites for hydroxylation is 1. The van der Waals surface area contributed by atoms with Crippen molar-refractivity contribution in [1.82, 2.24) is 14.7 Å². The van der Waals surface area contributed by atoms with Crippen molar-refractivity contribution in [3.05, 3.63) is 53.9 Å². The smallest absolute Gasteiger partial charge is 0.411 e. The number of hydrogen-bond donors (Lipinski definition) is 1. The molecular formula is C19H25N3O4. The molecule has 0 saturated heterocycles. The highest BCUT2D eigenvalue weighted by Crippen LogP contribution is 2.23. The maximum Gasteiger partial charge on any atom is 0.411 e. The molecule has 2 aromatic rings. The SMILES string of the molecule is CCCN(C(=O)OCc1ccccc1)C(C(=O)O)c1cnn(CCC)c1. The average molecular weight is 359 g/mol. The third-order valence-corrected chi connectivity index (χ3v) is 3.87. The fraction of sp³-hybridized carbons (Fsp3) is 0.421. The summed E-state index contributed by atoms with van der Waals surface area (Å²) in [5.74, 6) is -1.11. The Morgan fingerprint density at radius 1 is 1.23 bits per heavy atom. The molecule has 0 fully saturated rings. The van der Waals surface area contributed by atoms with E-state index in [1.165, 1.54) is 11.1 Å². The number of amides is 1. The number of nitrogens with zero attached hydrogens (tertiary/aromatic N) is 3. The minimum absolute atomic E-state index is 0.0985. The molecular weight excluding hydrogens is 334 g/mol. The van der Waals surface area contributed by atoms with Gasteiger partial charge in [0.25, 0.3) is 0 Å². The second-order valence-corrected chi connectivity index (χ2v) is 6.01. The fourth-order valence-corrected chi connectivity index (χ4v) is 2.70. The Morgan fingerprint density at radius 3 is 2.58 bits per heavy atom. The Hall–Kier alpha value is -2.83. The van der Waals surface area contributed by atoms with Crippen LogP contribution in [0, 0.1) is 0 Å². The molecule has 0 spiro atoms. The Bertz CT molecular complexity index is 715. The van der Waals surface area contributed by atoms with Gasteiger partial charge in [0.2, 0.25) is 0 Å². The number of carbonyl (C=O) groups excluding carboxylic acids is 1. The van der Waals surface area contributed by atoms with Crippen LogP contribution in [0.4, 0.5) is 4.79 Å². The summed E-state index contributed by atoms with van der Waals surface area (Å²) in [6.45, 7) is 4.97. The first-order chi connectivity index (χ1) is 12.6. The molecule has 0 saturated carbocycles. The van der Waals surface area contributed by atoms with Gasteiger partial charge in [-0.3, -0.25) is 9.58 Å². The van der Waals surface area contributed by atoms with Crippen LogP contribution in [0.25, 0.3) is 0 Å². The number of carbonyl (C=O) groups is 2. The van der Waals surface area contributed by atoms with Crippen LogP contribution in [-0.4, -0.2) is 38.4 Å². The normalized spacial score (nSPS) is 11.8. The Kier molecular flexibility index (Phi) is 7.20. The van der Waals surface area contributed by atoms with E-state index in [0.29, 0.717) is 18.5 Å². The molecule has 1 unspecified atom stereocenters. The summed E-state index contributed by atoms with van der Waals surface area (Å²) in [6, 6.07) is 8.17. The summed E-state index contributed by atoms with van der Waals surface area (Å²) in [5.41, 5.74) is 1.32. The molecule has 0 aliphatic rings. The van der Waals surface area contributed by atoms with Crippen molar-refractivity contribution in [2.45, 2.75) is 45.9 Å². The van der Waals surface area contributed by atoms with Crippen LogP contribution in [-0.2, 0) is 22.7 Å². The second kappa shape index (κ2) is 9.60. The molecule has 0 aliphatic carbocycles. The summed E-state index contributed by atoms with van der Waals surface area (Å²) in [6.07, 6.45) is 4.03. The standard InChI is InChI=1S/C19H25N3O4/c1-3-10-21-13-16(12-20-21)17(18(23)24)22(11-4-2)19(25)26-14-15-8-6-5-7-9-15/h5-9,12-13,17H,3-4,10-11,14H2,1-2H3,(H,23,24). The zero-order valence-corrected chi connectivity index (χ0v) is 15.2. The Morgan fingerprint density at radius 2 is 1.96 bits per heavy atom. The van der Waals surface area contributed by atoms with Crippen LogP contribution >= 0.6 is 0 Å². The lowest BCUT2D eigenvalue weighted by atomic mass is 10.1. The molecule has 1 atom stereocenters. The molecule has 1 heterocycles. The summed E-state index contributed by atoms with van der Waals surface area (Å²) in [4.78, 5) is 25.7. The molecule has 7 nitrogen and oxygen atoms in total. The number of carboxylic acids is 1. The lowest BCUT2D eigenvalue weighted by molar-refractivity contribution is -0.143. The van der Waals surface area contributed by atoms with Crippen LogP contribution in [0.1, 0.15) is 43.9 Å². The van der Waals surface area contributed by atoms with E-state index in [-0.39, 0.29) is 13.2 Å². The second-order valence-electron chi connectivity index (χ2n) is 6.01. The summed E-state index contributed by atoms with van der Waals surface area (Å²) in [7, 11) is 0. The van der Waals surface area contributed by atoms with Crippen molar-refractivity contribution >= 4 is 12.1 Å². The van der Waals surface area contributed by atoms with Crippen molar-refractivity contribution in [2.75, 3.05) is 6.54 Å². The number of hydrogen-bond acceptors (Lipinski definition) is 4. The van der Waals surface area contributed by atoms with Crippen molar-refractivity contribution < 1.29 is 19.4 Å². The van der Waals surface area contributed by atoms with Gasteiger partial charge in [0, 0.05) is 24.8 Å². The van der Waals surface area contributed by atoms with Crippen LogP contribution in [0.2, 0.25) is 0 Å². The first kappa shape index (κ1) is 19.5. The molecule has 0 radical (unpaired) electrons. The molecule has 0 bridgehead atoms. The van der Waals surface area contributed by atoms with Crippen molar-refractivity contribution in [3.63, 3.8) is 0 Å². The van der Waals surface area contributed by atoms with E-state index < -0.39 is 18.1 Å². The van der Waals surface area contributed by atoms with Gasteiger partial charge in [-0.25, -0.2) is 9.59 Å². The van der Waals surface area contributed by atoms with Gasteiger partial charge >= 0.3 is 12.1 Å². The van der Waals surface area contributed by atoms with Gasteiger partial charge in [-0.15, -0.1) is 0 Å². The van der Waals surface area contributed by atoms with Gasteiger partial charge < -0.3 is 9.84 Å². The summed E-state index contributed by atoms with van der Waals surface area (Å²) < 4.78 is 7.03. The average Bonchev–Trinajstić information content (AvgIpc) is 3.08. The quantitative estimate of drug-likeness (QED) is 0.741. The Labute approximate surface area is 153 Å². The van der Waals surface area contributed by atoms with E-state index >= 15 is 0 Å². The largest absolute Gasteiger partial charge is 0.479 e. The lowest BCUT2D eigenvalue weighted by Crippen LogP contribution is -2.39. The van der Waals surface area contributed by atoms with Crippen LogP contribution in [0.15, 0.2) is 42.7 Å². The molecule has 1 N–H and O–H groups in total. The van der Waals surface area contributed by atoms with Crippen LogP contribution < -0.4 is 0 Å². The van der Waals surface area contributed by atoms with Gasteiger partial charge in [0.15, 0.2) is 6.04 Å². The minimum Gasteiger partial charge on any atom is -0.479 e. The number of aliphatic carboxylic acids is 1. The molecule has 1 aromatic carbocycles. The molecule has 1 aromatic heterocycles. The summed E-state index contributed by atoms with van der Waals surface area (Å²) in [5, 5.41) is 13.9.